The smallest absolute Gasteiger partial charge is 0.144 e. The van der Waals surface area contributed by atoms with Gasteiger partial charge in [0.15, 0.2) is 0 Å². The molecule has 2 heterocycles. The fourth-order valence-electron chi connectivity index (χ4n) is 3.91. The second kappa shape index (κ2) is 6.70. The minimum absolute atomic E-state index is 0.0811. The molecule has 0 atom stereocenters. The van der Waals surface area contributed by atoms with Gasteiger partial charge in [-0.15, -0.1) is 0 Å². The van der Waals surface area contributed by atoms with Crippen LogP contribution in [0.3, 0.4) is 0 Å². The Kier molecular flexibility index (Phi) is 2.80. The first kappa shape index (κ1) is 12.5. The molecule has 0 N–H and O–H groups in total. The Labute approximate surface area is 187 Å². The van der Waals surface area contributed by atoms with Crippen molar-refractivity contribution in [2.75, 3.05) is 0 Å². The molecule has 0 saturated heterocycles. The Bertz CT molecular complexity index is 1660. The Morgan fingerprint density at radius 1 is 0.933 bits per heavy atom. The van der Waals surface area contributed by atoms with E-state index in [-0.39, 0.29) is 11.1 Å². The van der Waals surface area contributed by atoms with Crippen molar-refractivity contribution in [2.24, 2.45) is 5.41 Å². The third-order valence-electron chi connectivity index (χ3n) is 5.21. The second-order valence-corrected chi connectivity index (χ2v) is 8.69. The molecule has 0 aliphatic carbocycles. The van der Waals surface area contributed by atoms with Crippen LogP contribution in [-0.4, -0.2) is 4.98 Å². The van der Waals surface area contributed by atoms with Gasteiger partial charge in [-0.05, 0) is 71.9 Å². The molecule has 0 aliphatic rings. The lowest BCUT2D eigenvalue weighted by Crippen LogP contribution is -2.08. The monoisotopic (exact) mass is 400 g/mol. The molecule has 0 unspecified atom stereocenters. The summed E-state index contributed by atoms with van der Waals surface area (Å²) in [5, 5.41) is 3.44. The lowest BCUT2D eigenvalue weighted by Gasteiger charge is -2.18. The van der Waals surface area contributed by atoms with Gasteiger partial charge in [0.25, 0.3) is 0 Å². The molecule has 3 aromatic carbocycles. The van der Waals surface area contributed by atoms with E-state index in [1.165, 1.54) is 12.3 Å². The molecule has 2 aromatic heterocycles. The molecule has 5 aromatic rings. The Hall–Kier alpha value is -3.13. The van der Waals surface area contributed by atoms with Crippen molar-refractivity contribution in [1.82, 2.24) is 4.98 Å². The summed E-state index contributed by atoms with van der Waals surface area (Å²) in [4.78, 5) is 4.38. The topological polar surface area (TPSA) is 26.0 Å². The number of nitrogens with zero attached hydrogens (tertiary/aromatic N) is 1. The maximum atomic E-state index is 8.73. The van der Waals surface area contributed by atoms with E-state index in [2.05, 4.69) is 4.98 Å². The van der Waals surface area contributed by atoms with Gasteiger partial charge in [-0.2, -0.15) is 0 Å². The second-order valence-electron chi connectivity index (χ2n) is 8.69. The predicted octanol–water partition coefficient (Wildman–Crippen LogP) is 8.01. The first-order valence-electron chi connectivity index (χ1n) is 13.6. The number of hydrogen-bond acceptors (Lipinski definition) is 2. The van der Waals surface area contributed by atoms with E-state index in [9.17, 15) is 0 Å². The molecule has 0 saturated carbocycles. The summed E-state index contributed by atoms with van der Waals surface area (Å²) < 4.78 is 62.9. The normalized spacial score (nSPS) is 16.7. The van der Waals surface area contributed by atoms with Crippen molar-refractivity contribution in [3.8, 4) is 11.3 Å². The summed E-state index contributed by atoms with van der Waals surface area (Å²) in [6, 6.07) is 16.7. The van der Waals surface area contributed by atoms with Gasteiger partial charge >= 0.3 is 0 Å². The third kappa shape index (κ3) is 3.17. The Morgan fingerprint density at radius 2 is 1.77 bits per heavy atom. The summed E-state index contributed by atoms with van der Waals surface area (Å²) in [6.07, 6.45) is -0.333. The van der Waals surface area contributed by atoms with Gasteiger partial charge in [0, 0.05) is 37.5 Å². The molecule has 0 fully saturated rings. The number of hydrogen-bond donors (Lipinski definition) is 0. The van der Waals surface area contributed by atoms with E-state index >= 15 is 0 Å². The SMILES string of the molecule is [2H]C([2H])c1cc(-c2cccc3c2oc2c4cc(C([2H])([2H])C(C)(C)C)ccc4ccc32)ncc1C([2H])([2H])[2H]. The van der Waals surface area contributed by atoms with Crippen LogP contribution >= 0.6 is 0 Å². The summed E-state index contributed by atoms with van der Waals surface area (Å²) in [5.41, 5.74) is 2.18. The summed E-state index contributed by atoms with van der Waals surface area (Å²) in [5.74, 6) is 0. The van der Waals surface area contributed by atoms with E-state index in [1.807, 2.05) is 69.3 Å². The van der Waals surface area contributed by atoms with Crippen molar-refractivity contribution in [1.29, 1.82) is 0 Å². The highest BCUT2D eigenvalue weighted by molar-refractivity contribution is 6.17. The quantitative estimate of drug-likeness (QED) is 0.300. The Balaban J connectivity index is 1.76. The fraction of sp³-hybridized carbons (Fsp3) is 0.250. The molecule has 2 heteroatoms. The van der Waals surface area contributed by atoms with E-state index in [1.54, 1.807) is 0 Å². The van der Waals surface area contributed by atoms with Crippen LogP contribution in [0.25, 0.3) is 44.0 Å². The molecular formula is C28H27NO. The third-order valence-corrected chi connectivity index (χ3v) is 5.21. The molecule has 30 heavy (non-hydrogen) atoms. The summed E-state index contributed by atoms with van der Waals surface area (Å²) in [7, 11) is 0. The molecule has 5 rings (SSSR count). The zero-order chi connectivity index (χ0) is 26.9. The molecule has 150 valence electrons. The van der Waals surface area contributed by atoms with Crippen LogP contribution in [0.2, 0.25) is 0 Å². The van der Waals surface area contributed by atoms with Gasteiger partial charge < -0.3 is 4.42 Å². The van der Waals surface area contributed by atoms with Crippen LogP contribution in [0, 0.1) is 19.1 Å². The van der Waals surface area contributed by atoms with Crippen LogP contribution in [0.5, 0.6) is 0 Å². The first-order valence-corrected chi connectivity index (χ1v) is 9.94. The van der Waals surface area contributed by atoms with Gasteiger partial charge in [0.05, 0.1) is 5.69 Å². The molecule has 2 nitrogen and oxygen atoms in total. The number of rotatable bonds is 2. The molecule has 0 amide bonds. The van der Waals surface area contributed by atoms with E-state index in [0.717, 1.165) is 21.5 Å². The van der Waals surface area contributed by atoms with Crippen molar-refractivity contribution in [3.05, 3.63) is 77.5 Å². The molecule has 0 aliphatic heterocycles. The Morgan fingerprint density at radius 3 is 2.57 bits per heavy atom. The maximum absolute atomic E-state index is 8.73. The van der Waals surface area contributed by atoms with Crippen molar-refractivity contribution in [2.45, 2.75) is 40.9 Å². The highest BCUT2D eigenvalue weighted by Gasteiger charge is 2.17. The minimum Gasteiger partial charge on any atom is -0.455 e. The summed E-state index contributed by atoms with van der Waals surface area (Å²) >= 11 is 0. The van der Waals surface area contributed by atoms with Gasteiger partial charge in [0.1, 0.15) is 11.2 Å². The zero-order valence-corrected chi connectivity index (χ0v) is 17.2. The fourth-order valence-corrected chi connectivity index (χ4v) is 3.91. The zero-order valence-electron chi connectivity index (χ0n) is 24.2. The summed E-state index contributed by atoms with van der Waals surface area (Å²) in [6.45, 7) is 1.68. The number of aryl methyl sites for hydroxylation is 2. The van der Waals surface area contributed by atoms with Gasteiger partial charge in [-0.25, -0.2) is 0 Å². The van der Waals surface area contributed by atoms with Crippen molar-refractivity contribution in [3.63, 3.8) is 0 Å². The minimum atomic E-state index is -2.47. The number of aromatic nitrogens is 1. The molecule has 0 spiro atoms. The van der Waals surface area contributed by atoms with E-state index < -0.39 is 25.5 Å². The average molecular weight is 401 g/mol. The van der Waals surface area contributed by atoms with Crippen LogP contribution < -0.4 is 0 Å². The van der Waals surface area contributed by atoms with Crippen molar-refractivity contribution >= 4 is 32.7 Å². The van der Waals surface area contributed by atoms with Gasteiger partial charge in [0.2, 0.25) is 0 Å². The number of fused-ring (bicyclic) bond motifs is 5. The van der Waals surface area contributed by atoms with Crippen LogP contribution in [0.4, 0.5) is 0 Å². The van der Waals surface area contributed by atoms with E-state index in [4.69, 9.17) is 14.0 Å². The molecule has 0 bridgehead atoms. The highest BCUT2D eigenvalue weighted by Crippen LogP contribution is 2.39. The number of benzene rings is 3. The first-order chi connectivity index (χ1) is 17.2. The largest absolute Gasteiger partial charge is 0.455 e. The number of para-hydroxylation sites is 1. The van der Waals surface area contributed by atoms with Gasteiger partial charge in [-0.1, -0.05) is 51.1 Å². The standard InChI is InChI=1S/C28H27NO/c1-17-13-25(29-16-18(17)2)23-8-6-7-21-22-12-11-20-10-9-19(15-28(3,4)5)14-24(20)27(22)30-26(21)23/h6-14,16H,15H2,1-5H3/i1D2,2D3,15D2. The molecular weight excluding hydrogens is 366 g/mol. The average Bonchev–Trinajstić information content (AvgIpc) is 3.21. The van der Waals surface area contributed by atoms with Crippen LogP contribution in [0.1, 0.15) is 47.1 Å². The van der Waals surface area contributed by atoms with Crippen LogP contribution in [-0.2, 0) is 6.37 Å². The van der Waals surface area contributed by atoms with Crippen molar-refractivity contribution < 1.29 is 14.0 Å². The maximum Gasteiger partial charge on any atom is 0.144 e. The number of furan rings is 1. The highest BCUT2D eigenvalue weighted by atomic mass is 16.3. The van der Waals surface area contributed by atoms with Crippen LogP contribution in [0.15, 0.2) is 65.2 Å². The number of pyridine rings is 1. The lowest BCUT2D eigenvalue weighted by atomic mass is 9.87. The predicted molar refractivity (Wildman–Crippen MR) is 127 cm³/mol. The van der Waals surface area contributed by atoms with Gasteiger partial charge in [-0.3, -0.25) is 4.98 Å². The molecule has 0 radical (unpaired) electrons. The lowest BCUT2D eigenvalue weighted by molar-refractivity contribution is 0.411. The van der Waals surface area contributed by atoms with E-state index in [0.29, 0.717) is 28.0 Å².